The summed E-state index contributed by atoms with van der Waals surface area (Å²) in [6.07, 6.45) is 12.6. The average Bonchev–Trinajstić information content (AvgIpc) is 2.61. The lowest BCUT2D eigenvalue weighted by Gasteiger charge is -2.39. The van der Waals surface area contributed by atoms with Crippen LogP contribution in [0, 0.1) is 16.7 Å². The van der Waals surface area contributed by atoms with Crippen LogP contribution in [-0.2, 0) is 9.59 Å². The van der Waals surface area contributed by atoms with E-state index in [1.54, 1.807) is 0 Å². The van der Waals surface area contributed by atoms with Crippen molar-refractivity contribution in [2.45, 2.75) is 116 Å². The van der Waals surface area contributed by atoms with Crippen LogP contribution in [0.5, 0.6) is 0 Å². The topological polar surface area (TPSA) is 74.6 Å². The Bertz CT molecular complexity index is 548. The quantitative estimate of drug-likeness (QED) is 0.239. The third kappa shape index (κ3) is 10.6. The summed E-state index contributed by atoms with van der Waals surface area (Å²) in [4.78, 5) is 22.6. The maximum Gasteiger partial charge on any atom is 0.305 e. The lowest BCUT2D eigenvalue weighted by Crippen LogP contribution is -2.39. The van der Waals surface area contributed by atoms with Crippen LogP contribution in [-0.4, -0.2) is 53.5 Å². The third-order valence-electron chi connectivity index (χ3n) is 6.84. The Hall–Kier alpha value is -0.800. The van der Waals surface area contributed by atoms with Crippen LogP contribution in [0.4, 0.5) is 0 Å². The third-order valence-corrected chi connectivity index (χ3v) is 6.84. The summed E-state index contributed by atoms with van der Waals surface area (Å²) < 4.78 is 0. The van der Waals surface area contributed by atoms with E-state index in [9.17, 15) is 19.8 Å². The fourth-order valence-electron chi connectivity index (χ4n) is 4.23. The van der Waals surface area contributed by atoms with Gasteiger partial charge in [0.05, 0.1) is 31.4 Å². The smallest absolute Gasteiger partial charge is 0.305 e. The fourth-order valence-corrected chi connectivity index (χ4v) is 4.23. The van der Waals surface area contributed by atoms with Gasteiger partial charge in [-0.1, -0.05) is 97.6 Å². The van der Waals surface area contributed by atoms with Crippen LogP contribution in [0.1, 0.15) is 105 Å². The van der Waals surface area contributed by atoms with E-state index in [0.29, 0.717) is 6.42 Å². The van der Waals surface area contributed by atoms with Gasteiger partial charge in [-0.2, -0.15) is 0 Å². The molecule has 0 spiro atoms. The molecule has 1 unspecified atom stereocenters. The highest BCUT2D eigenvalue weighted by molar-refractivity contribution is 6.50. The molecule has 0 aliphatic carbocycles. The molecule has 0 aliphatic heterocycles. The van der Waals surface area contributed by atoms with Crippen molar-refractivity contribution in [3.63, 3.8) is 0 Å². The molecular weight excluding hydrogens is 383 g/mol. The SMILES string of the molecule is [B]C([B])C(C(=O)O)C(C)(C)CCCCCCCCCCCCC(C)(C)C([B])([B])C(=O)O. The van der Waals surface area contributed by atoms with Crippen LogP contribution < -0.4 is 0 Å². The predicted molar refractivity (Wildman–Crippen MR) is 131 cm³/mol. The standard InChI is InChI=1S/C23H40B4O4/c1-21(2,17(18(24)25)19(28)29)15-13-11-9-7-5-6-8-10-12-14-16-22(3,4)23(26,27)20(30)31/h17-18H,5-16H2,1-4H3,(H,28,29)(H,30,31). The van der Waals surface area contributed by atoms with E-state index in [2.05, 4.69) is 0 Å². The molecule has 4 nitrogen and oxygen atoms in total. The molecule has 168 valence electrons. The van der Waals surface area contributed by atoms with Crippen LogP contribution in [0.15, 0.2) is 0 Å². The monoisotopic (exact) mass is 424 g/mol. The largest absolute Gasteiger partial charge is 0.482 e. The molecule has 8 radical (unpaired) electrons. The minimum Gasteiger partial charge on any atom is -0.482 e. The van der Waals surface area contributed by atoms with Gasteiger partial charge in [-0.05, 0) is 28.9 Å². The molecule has 8 heteroatoms. The van der Waals surface area contributed by atoms with Crippen molar-refractivity contribution in [1.82, 2.24) is 0 Å². The van der Waals surface area contributed by atoms with Gasteiger partial charge in [0.2, 0.25) is 0 Å². The minimum atomic E-state index is -1.70. The van der Waals surface area contributed by atoms with Gasteiger partial charge in [-0.25, -0.2) is 0 Å². The molecule has 0 aromatic rings. The molecule has 0 heterocycles. The maximum absolute atomic E-state index is 11.4. The number of carboxylic acid groups (broad SMARTS) is 2. The molecule has 0 bridgehead atoms. The van der Waals surface area contributed by atoms with Crippen molar-refractivity contribution in [2.75, 3.05) is 0 Å². The Morgan fingerprint density at radius 2 is 1.06 bits per heavy atom. The highest BCUT2D eigenvalue weighted by Gasteiger charge is 2.41. The van der Waals surface area contributed by atoms with Gasteiger partial charge in [-0.15, -0.1) is 0 Å². The Morgan fingerprint density at radius 1 is 0.710 bits per heavy atom. The van der Waals surface area contributed by atoms with Crippen molar-refractivity contribution >= 4 is 43.3 Å². The first-order valence-corrected chi connectivity index (χ1v) is 11.7. The highest BCUT2D eigenvalue weighted by atomic mass is 16.4. The second-order valence-electron chi connectivity index (χ2n) is 10.5. The number of carboxylic acids is 2. The summed E-state index contributed by atoms with van der Waals surface area (Å²) >= 11 is 0. The van der Waals surface area contributed by atoms with Crippen molar-refractivity contribution in [3.8, 4) is 0 Å². The average molecular weight is 424 g/mol. The van der Waals surface area contributed by atoms with E-state index in [4.69, 9.17) is 31.4 Å². The molecule has 0 saturated carbocycles. The molecule has 0 rings (SSSR count). The van der Waals surface area contributed by atoms with Gasteiger partial charge >= 0.3 is 5.97 Å². The molecule has 0 amide bonds. The highest BCUT2D eigenvalue weighted by Crippen LogP contribution is 2.44. The van der Waals surface area contributed by atoms with E-state index in [1.807, 2.05) is 27.7 Å². The molecule has 0 aliphatic rings. The number of rotatable bonds is 18. The van der Waals surface area contributed by atoms with Crippen LogP contribution >= 0.6 is 0 Å². The van der Waals surface area contributed by atoms with Gasteiger partial charge in [0.25, 0.3) is 5.97 Å². The minimum absolute atomic E-state index is 0.410. The molecule has 0 aromatic carbocycles. The summed E-state index contributed by atoms with van der Waals surface area (Å²) in [6.45, 7) is 7.49. The number of aliphatic carboxylic acids is 2. The van der Waals surface area contributed by atoms with E-state index in [1.165, 1.54) is 25.7 Å². The van der Waals surface area contributed by atoms with Gasteiger partial charge in [0.1, 0.15) is 0 Å². The molecule has 2 N–H and O–H groups in total. The van der Waals surface area contributed by atoms with Crippen molar-refractivity contribution in [1.29, 1.82) is 0 Å². The molecular formula is C23H40B4O4. The first kappa shape index (κ1) is 30.2. The number of hydrogen-bond acceptors (Lipinski definition) is 2. The van der Waals surface area contributed by atoms with Crippen molar-refractivity contribution < 1.29 is 19.8 Å². The molecule has 0 fully saturated rings. The summed E-state index contributed by atoms with van der Waals surface area (Å²) in [6, 6.07) is 0. The van der Waals surface area contributed by atoms with Gasteiger partial charge in [-0.3, -0.25) is 9.59 Å². The fraction of sp³-hybridized carbons (Fsp3) is 0.913. The van der Waals surface area contributed by atoms with Crippen LogP contribution in [0.25, 0.3) is 0 Å². The summed E-state index contributed by atoms with van der Waals surface area (Å²) in [5.41, 5.74) is -1.90. The van der Waals surface area contributed by atoms with Crippen LogP contribution in [0.2, 0.25) is 10.9 Å². The Balaban J connectivity index is 3.82. The zero-order chi connectivity index (χ0) is 24.3. The lowest BCUT2D eigenvalue weighted by molar-refractivity contribution is -0.145. The van der Waals surface area contributed by atoms with E-state index >= 15 is 0 Å². The van der Waals surface area contributed by atoms with Gasteiger partial charge in [0.15, 0.2) is 0 Å². The Labute approximate surface area is 195 Å². The first-order valence-electron chi connectivity index (χ1n) is 11.7. The first-order chi connectivity index (χ1) is 14.2. The molecule has 1 atom stereocenters. The van der Waals surface area contributed by atoms with Gasteiger partial charge in [0, 0.05) is 5.92 Å². The van der Waals surface area contributed by atoms with E-state index in [-0.39, 0.29) is 0 Å². The Kier molecular flexibility index (Phi) is 13.3. The van der Waals surface area contributed by atoms with E-state index in [0.717, 1.165) is 44.9 Å². The van der Waals surface area contributed by atoms with Crippen molar-refractivity contribution in [2.24, 2.45) is 16.7 Å². The number of hydrogen-bond donors (Lipinski definition) is 2. The normalized spacial score (nSPS) is 14.0. The van der Waals surface area contributed by atoms with Crippen LogP contribution in [0.3, 0.4) is 0 Å². The zero-order valence-electron chi connectivity index (χ0n) is 20.2. The maximum atomic E-state index is 11.4. The molecule has 0 saturated heterocycles. The molecule has 31 heavy (non-hydrogen) atoms. The second kappa shape index (κ2) is 13.7. The lowest BCUT2D eigenvalue weighted by atomic mass is 9.42. The predicted octanol–water partition coefficient (Wildman–Crippen LogP) is 5.04. The van der Waals surface area contributed by atoms with Gasteiger partial charge < -0.3 is 10.2 Å². The second-order valence-corrected chi connectivity index (χ2v) is 10.5. The number of unbranched alkanes of at least 4 members (excludes halogenated alkanes) is 9. The summed E-state index contributed by atoms with van der Waals surface area (Å²) in [5.74, 6) is -2.81. The summed E-state index contributed by atoms with van der Waals surface area (Å²) in [7, 11) is 22.9. The molecule has 0 aromatic heterocycles. The summed E-state index contributed by atoms with van der Waals surface area (Å²) in [5, 5.41) is 16.8. The number of carbonyl (C=O) groups is 2. The van der Waals surface area contributed by atoms with Crippen molar-refractivity contribution in [3.05, 3.63) is 0 Å². The Morgan fingerprint density at radius 3 is 1.39 bits per heavy atom. The van der Waals surface area contributed by atoms with E-state index < -0.39 is 39.6 Å². The zero-order valence-corrected chi connectivity index (χ0v) is 20.2.